The summed E-state index contributed by atoms with van der Waals surface area (Å²) >= 11 is 3.38. The fourth-order valence-corrected chi connectivity index (χ4v) is 2.74. The number of rotatable bonds is 0. The monoisotopic (exact) mass is 313 g/mol. The summed E-state index contributed by atoms with van der Waals surface area (Å²) in [6.45, 7) is 0. The zero-order valence-corrected chi connectivity index (χ0v) is 11.3. The Bertz CT molecular complexity index is 997. The summed E-state index contributed by atoms with van der Waals surface area (Å²) in [5, 5.41) is 1.20. The van der Waals surface area contributed by atoms with Crippen molar-refractivity contribution in [2.75, 3.05) is 0 Å². The first-order valence-corrected chi connectivity index (χ1v) is 6.65. The second kappa shape index (κ2) is 3.71. The van der Waals surface area contributed by atoms with Gasteiger partial charge in [-0.05, 0) is 36.4 Å². The zero-order valence-electron chi connectivity index (χ0n) is 9.76. The van der Waals surface area contributed by atoms with E-state index >= 15 is 0 Å². The van der Waals surface area contributed by atoms with Crippen molar-refractivity contribution in [1.29, 1.82) is 0 Å². The number of aromatic nitrogens is 1. The van der Waals surface area contributed by atoms with Crippen LogP contribution in [0.25, 0.3) is 27.6 Å². The molecule has 4 heteroatoms. The SMILES string of the molecule is O=c1c2cc(Br)ccc2oc2c1cc1ccccn12. The van der Waals surface area contributed by atoms with Gasteiger partial charge in [0.1, 0.15) is 5.58 Å². The summed E-state index contributed by atoms with van der Waals surface area (Å²) in [5.41, 5.74) is 2.15. The van der Waals surface area contributed by atoms with Crippen LogP contribution >= 0.6 is 15.9 Å². The minimum Gasteiger partial charge on any atom is -0.439 e. The highest BCUT2D eigenvalue weighted by atomic mass is 79.9. The molecule has 0 saturated heterocycles. The van der Waals surface area contributed by atoms with E-state index in [4.69, 9.17) is 4.42 Å². The maximum absolute atomic E-state index is 12.5. The molecule has 3 aromatic heterocycles. The summed E-state index contributed by atoms with van der Waals surface area (Å²) in [7, 11) is 0. The molecular formula is C15H8BrNO2. The second-order valence-corrected chi connectivity index (χ2v) is 5.35. The van der Waals surface area contributed by atoms with Gasteiger partial charge in [-0.25, -0.2) is 0 Å². The molecule has 1 aromatic carbocycles. The van der Waals surface area contributed by atoms with Crippen molar-refractivity contribution < 1.29 is 4.42 Å². The van der Waals surface area contributed by atoms with Gasteiger partial charge in [0.25, 0.3) is 0 Å². The van der Waals surface area contributed by atoms with E-state index in [0.29, 0.717) is 22.1 Å². The summed E-state index contributed by atoms with van der Waals surface area (Å²) in [6, 6.07) is 13.1. The van der Waals surface area contributed by atoms with Gasteiger partial charge in [-0.15, -0.1) is 0 Å². The van der Waals surface area contributed by atoms with E-state index in [2.05, 4.69) is 15.9 Å². The van der Waals surface area contributed by atoms with Gasteiger partial charge >= 0.3 is 0 Å². The van der Waals surface area contributed by atoms with Gasteiger partial charge in [0.05, 0.1) is 10.8 Å². The quantitative estimate of drug-likeness (QED) is 0.492. The minimum atomic E-state index is 0.00116. The van der Waals surface area contributed by atoms with E-state index in [-0.39, 0.29) is 5.43 Å². The molecule has 3 nitrogen and oxygen atoms in total. The summed E-state index contributed by atoms with van der Waals surface area (Å²) in [6.07, 6.45) is 1.89. The molecule has 0 amide bonds. The number of hydrogen-bond acceptors (Lipinski definition) is 2. The number of fused-ring (bicyclic) bond motifs is 4. The van der Waals surface area contributed by atoms with Gasteiger partial charge in [0.15, 0.2) is 0 Å². The molecule has 0 N–H and O–H groups in total. The van der Waals surface area contributed by atoms with Crippen LogP contribution in [0.5, 0.6) is 0 Å². The molecule has 4 aromatic rings. The first-order valence-electron chi connectivity index (χ1n) is 5.86. The Balaban J connectivity index is 2.33. The molecule has 0 bridgehead atoms. The molecule has 0 aliphatic heterocycles. The van der Waals surface area contributed by atoms with Gasteiger partial charge in [0.2, 0.25) is 11.1 Å². The Kier molecular flexibility index (Phi) is 2.11. The maximum Gasteiger partial charge on any atom is 0.215 e. The molecule has 0 atom stereocenters. The Morgan fingerprint density at radius 1 is 1.05 bits per heavy atom. The van der Waals surface area contributed by atoms with Crippen LogP contribution in [-0.4, -0.2) is 4.40 Å². The van der Waals surface area contributed by atoms with Crippen molar-refractivity contribution in [3.63, 3.8) is 0 Å². The molecular weight excluding hydrogens is 306 g/mol. The first-order chi connectivity index (χ1) is 9.24. The zero-order chi connectivity index (χ0) is 13.0. The molecule has 92 valence electrons. The van der Waals surface area contributed by atoms with Crippen molar-refractivity contribution in [2.24, 2.45) is 0 Å². The number of halogens is 1. The van der Waals surface area contributed by atoms with Gasteiger partial charge in [0, 0.05) is 16.2 Å². The van der Waals surface area contributed by atoms with Crippen LogP contribution in [0.2, 0.25) is 0 Å². The van der Waals surface area contributed by atoms with E-state index in [1.807, 2.05) is 47.0 Å². The molecule has 0 aliphatic carbocycles. The lowest BCUT2D eigenvalue weighted by atomic mass is 10.2. The highest BCUT2D eigenvalue weighted by Gasteiger charge is 2.12. The van der Waals surface area contributed by atoms with Crippen LogP contribution in [0.15, 0.2) is 62.3 Å². The van der Waals surface area contributed by atoms with Gasteiger partial charge in [-0.1, -0.05) is 22.0 Å². The van der Waals surface area contributed by atoms with Crippen LogP contribution in [0.3, 0.4) is 0 Å². The topological polar surface area (TPSA) is 34.6 Å². The van der Waals surface area contributed by atoms with E-state index < -0.39 is 0 Å². The Hall–Kier alpha value is -2.07. The van der Waals surface area contributed by atoms with Crippen LogP contribution < -0.4 is 5.43 Å². The van der Waals surface area contributed by atoms with Crippen LogP contribution in [-0.2, 0) is 0 Å². The van der Waals surface area contributed by atoms with Crippen LogP contribution in [0.1, 0.15) is 0 Å². The largest absolute Gasteiger partial charge is 0.439 e. The summed E-state index contributed by atoms with van der Waals surface area (Å²) in [4.78, 5) is 12.5. The normalized spacial score (nSPS) is 11.6. The predicted molar refractivity (Wildman–Crippen MR) is 78.6 cm³/mol. The molecule has 0 saturated carbocycles. The third kappa shape index (κ3) is 1.47. The van der Waals surface area contributed by atoms with Gasteiger partial charge < -0.3 is 4.42 Å². The second-order valence-electron chi connectivity index (χ2n) is 4.43. The third-order valence-corrected chi connectivity index (χ3v) is 3.76. The van der Waals surface area contributed by atoms with Crippen molar-refractivity contribution >= 4 is 43.5 Å². The molecule has 4 rings (SSSR count). The van der Waals surface area contributed by atoms with E-state index in [9.17, 15) is 4.79 Å². The average Bonchev–Trinajstić information content (AvgIpc) is 2.79. The fraction of sp³-hybridized carbons (Fsp3) is 0. The lowest BCUT2D eigenvalue weighted by Gasteiger charge is -1.99. The standard InChI is InChI=1S/C15H8BrNO2/c16-9-4-5-13-11(7-9)14(18)12-8-10-3-1-2-6-17(10)15(12)19-13/h1-8H. The number of hydrogen-bond donors (Lipinski definition) is 0. The number of benzene rings is 1. The van der Waals surface area contributed by atoms with Gasteiger partial charge in [-0.3, -0.25) is 9.20 Å². The number of nitrogens with zero attached hydrogens (tertiary/aromatic N) is 1. The molecule has 0 spiro atoms. The van der Waals surface area contributed by atoms with Crippen molar-refractivity contribution in [3.05, 3.63) is 63.4 Å². The lowest BCUT2D eigenvalue weighted by molar-refractivity contribution is 0.640. The Labute approximate surface area is 116 Å². The van der Waals surface area contributed by atoms with Crippen molar-refractivity contribution in [3.8, 4) is 0 Å². The maximum atomic E-state index is 12.5. The van der Waals surface area contributed by atoms with Crippen LogP contribution in [0.4, 0.5) is 0 Å². The molecule has 0 aliphatic rings. The van der Waals surface area contributed by atoms with E-state index in [1.165, 1.54) is 0 Å². The lowest BCUT2D eigenvalue weighted by Crippen LogP contribution is -2.00. The highest BCUT2D eigenvalue weighted by Crippen LogP contribution is 2.24. The molecule has 0 unspecified atom stereocenters. The summed E-state index contributed by atoms with van der Waals surface area (Å²) < 4.78 is 8.64. The van der Waals surface area contributed by atoms with E-state index in [1.54, 1.807) is 6.07 Å². The van der Waals surface area contributed by atoms with Gasteiger partial charge in [-0.2, -0.15) is 0 Å². The molecule has 0 fully saturated rings. The smallest absolute Gasteiger partial charge is 0.215 e. The Morgan fingerprint density at radius 2 is 1.95 bits per heavy atom. The minimum absolute atomic E-state index is 0.00116. The van der Waals surface area contributed by atoms with Crippen molar-refractivity contribution in [2.45, 2.75) is 0 Å². The number of pyridine rings is 1. The molecule has 0 radical (unpaired) electrons. The Morgan fingerprint density at radius 3 is 2.84 bits per heavy atom. The first kappa shape index (κ1) is 10.8. The predicted octanol–water partition coefficient (Wildman–Crippen LogP) is 3.96. The highest BCUT2D eigenvalue weighted by molar-refractivity contribution is 9.10. The van der Waals surface area contributed by atoms with Crippen LogP contribution in [0, 0.1) is 0 Å². The van der Waals surface area contributed by atoms with E-state index in [0.717, 1.165) is 9.99 Å². The fourth-order valence-electron chi connectivity index (χ4n) is 2.38. The summed E-state index contributed by atoms with van der Waals surface area (Å²) in [5.74, 6) is 0. The molecule has 19 heavy (non-hydrogen) atoms. The third-order valence-electron chi connectivity index (χ3n) is 3.27. The van der Waals surface area contributed by atoms with Crippen molar-refractivity contribution in [1.82, 2.24) is 4.40 Å². The average molecular weight is 314 g/mol. The molecule has 3 heterocycles.